The summed E-state index contributed by atoms with van der Waals surface area (Å²) in [6, 6.07) is 15.8. The summed E-state index contributed by atoms with van der Waals surface area (Å²) < 4.78 is 10.7. The first-order chi connectivity index (χ1) is 18.7. The molecular formula is C28H29Cl2N5O4. The molecule has 0 spiro atoms. The smallest absolute Gasteiger partial charge is 0.306 e. The predicted molar refractivity (Wildman–Crippen MR) is 149 cm³/mol. The van der Waals surface area contributed by atoms with Gasteiger partial charge in [0, 0.05) is 33.8 Å². The Hall–Kier alpha value is -3.69. The number of halogens is 2. The topological polar surface area (TPSA) is 131 Å². The van der Waals surface area contributed by atoms with Crippen LogP contribution in [0.1, 0.15) is 30.4 Å². The van der Waals surface area contributed by atoms with Gasteiger partial charge in [0.05, 0.1) is 31.2 Å². The second-order valence-corrected chi connectivity index (χ2v) is 10.1. The van der Waals surface area contributed by atoms with Gasteiger partial charge < -0.3 is 20.1 Å². The fraction of sp³-hybridized carbons (Fsp3) is 0.321. The van der Waals surface area contributed by atoms with Gasteiger partial charge in [0.1, 0.15) is 12.4 Å². The van der Waals surface area contributed by atoms with Crippen molar-refractivity contribution in [1.82, 2.24) is 15.1 Å². The molecule has 2 aromatic carbocycles. The number of amides is 1. The Kier molecular flexibility index (Phi) is 9.37. The van der Waals surface area contributed by atoms with E-state index in [2.05, 4.69) is 10.2 Å². The minimum absolute atomic E-state index is 0.00146. The van der Waals surface area contributed by atoms with Crippen LogP contribution >= 0.6 is 23.2 Å². The van der Waals surface area contributed by atoms with Gasteiger partial charge in [-0.1, -0.05) is 53.5 Å². The molecule has 0 bridgehead atoms. The Morgan fingerprint density at radius 3 is 2.54 bits per heavy atom. The Morgan fingerprint density at radius 2 is 1.90 bits per heavy atom. The van der Waals surface area contributed by atoms with Crippen molar-refractivity contribution in [2.45, 2.75) is 31.7 Å². The van der Waals surface area contributed by atoms with Crippen molar-refractivity contribution in [1.29, 1.82) is 5.41 Å². The van der Waals surface area contributed by atoms with Crippen LogP contribution in [-0.2, 0) is 20.7 Å². The number of carbonyl (C=O) groups is 2. The molecule has 1 amide bonds. The van der Waals surface area contributed by atoms with E-state index in [0.717, 1.165) is 11.1 Å². The van der Waals surface area contributed by atoms with Gasteiger partial charge in [-0.25, -0.2) is 0 Å². The Labute approximate surface area is 236 Å². The molecule has 11 heteroatoms. The second kappa shape index (κ2) is 12.9. The largest absolute Gasteiger partial charge is 0.474 e. The van der Waals surface area contributed by atoms with Gasteiger partial charge in [-0.05, 0) is 43.0 Å². The molecule has 1 saturated heterocycles. The molecule has 2 heterocycles. The molecule has 3 aromatic rings. The summed E-state index contributed by atoms with van der Waals surface area (Å²) in [6.45, 7) is 0.705. The average Bonchev–Trinajstić information content (AvgIpc) is 3.22. The number of amidine groups is 1. The van der Waals surface area contributed by atoms with Crippen molar-refractivity contribution in [3.05, 3.63) is 75.8 Å². The lowest BCUT2D eigenvalue weighted by Gasteiger charge is -2.25. The lowest BCUT2D eigenvalue weighted by atomic mass is 10.0. The van der Waals surface area contributed by atoms with E-state index in [1.807, 2.05) is 18.2 Å². The van der Waals surface area contributed by atoms with E-state index in [1.54, 1.807) is 41.3 Å². The highest BCUT2D eigenvalue weighted by Gasteiger charge is 2.40. The van der Waals surface area contributed by atoms with E-state index in [1.165, 1.54) is 7.11 Å². The molecule has 0 unspecified atom stereocenters. The van der Waals surface area contributed by atoms with Crippen LogP contribution in [0.15, 0.2) is 54.6 Å². The van der Waals surface area contributed by atoms with E-state index in [0.29, 0.717) is 53.0 Å². The zero-order chi connectivity index (χ0) is 27.9. The second-order valence-electron chi connectivity index (χ2n) is 9.30. The molecule has 0 aliphatic carbocycles. The molecule has 39 heavy (non-hydrogen) atoms. The van der Waals surface area contributed by atoms with Crippen LogP contribution in [-0.4, -0.2) is 59.1 Å². The van der Waals surface area contributed by atoms with E-state index in [9.17, 15) is 9.59 Å². The van der Waals surface area contributed by atoms with Gasteiger partial charge >= 0.3 is 5.97 Å². The van der Waals surface area contributed by atoms with Crippen LogP contribution in [0.4, 0.5) is 0 Å². The lowest BCUT2D eigenvalue weighted by Crippen LogP contribution is -2.38. The number of methoxy groups -OCH3 is 1. The first-order valence-corrected chi connectivity index (χ1v) is 13.2. The summed E-state index contributed by atoms with van der Waals surface area (Å²) >= 11 is 12.3. The summed E-state index contributed by atoms with van der Waals surface area (Å²) in [6.07, 6.45) is 1.87. The molecule has 1 aliphatic heterocycles. The summed E-state index contributed by atoms with van der Waals surface area (Å²) in [5.74, 6) is -0.641. The third-order valence-corrected chi connectivity index (χ3v) is 7.27. The first kappa shape index (κ1) is 28.3. The number of likely N-dealkylation sites (tertiary alicyclic amines) is 1. The van der Waals surface area contributed by atoms with Crippen LogP contribution in [0.2, 0.25) is 10.0 Å². The van der Waals surface area contributed by atoms with Crippen LogP contribution < -0.4 is 10.5 Å². The molecule has 1 aliphatic rings. The van der Waals surface area contributed by atoms with Crippen molar-refractivity contribution in [3.63, 3.8) is 0 Å². The standard InChI is InChI=1S/C28H29Cl2N5O4/c1-38-26(36)14-20-13-22(35(28(20)37)12-2-3-17-8-9-21(29)15-23(17)30)16-39-25-11-10-24(33-34-25)18-4-6-19(7-5-18)27(31)32/h4-11,15,20,22H,2-3,12-14,16H2,1H3,(H3,31,32)/t20-,22-/m0/s1. The number of nitrogens with one attached hydrogen (secondary N) is 1. The van der Waals surface area contributed by atoms with Crippen molar-refractivity contribution in [2.24, 2.45) is 11.7 Å². The van der Waals surface area contributed by atoms with Gasteiger partial charge in [-0.15, -0.1) is 10.2 Å². The van der Waals surface area contributed by atoms with E-state index < -0.39 is 11.9 Å². The Bertz CT molecular complexity index is 1330. The van der Waals surface area contributed by atoms with Crippen molar-refractivity contribution < 1.29 is 19.1 Å². The molecule has 0 saturated carbocycles. The van der Waals surface area contributed by atoms with Crippen LogP contribution in [0.5, 0.6) is 5.88 Å². The number of aromatic nitrogens is 2. The molecule has 0 radical (unpaired) electrons. The monoisotopic (exact) mass is 569 g/mol. The quantitative estimate of drug-likeness (QED) is 0.197. The average molecular weight is 570 g/mol. The number of nitrogens with zero attached hydrogens (tertiary/aromatic N) is 3. The molecule has 2 atom stereocenters. The Morgan fingerprint density at radius 1 is 1.13 bits per heavy atom. The van der Waals surface area contributed by atoms with Crippen molar-refractivity contribution in [2.75, 3.05) is 20.3 Å². The van der Waals surface area contributed by atoms with E-state index in [-0.39, 0.29) is 30.8 Å². The summed E-state index contributed by atoms with van der Waals surface area (Å²) in [5.41, 5.74) is 8.58. The van der Waals surface area contributed by atoms with Gasteiger partial charge in [0.25, 0.3) is 0 Å². The number of benzene rings is 2. The maximum absolute atomic E-state index is 13.2. The molecule has 1 fully saturated rings. The van der Waals surface area contributed by atoms with Gasteiger partial charge in [0.2, 0.25) is 11.8 Å². The number of nitrogens with two attached hydrogens (primary N) is 1. The number of hydrogen-bond donors (Lipinski definition) is 2. The third kappa shape index (κ3) is 7.25. The first-order valence-electron chi connectivity index (χ1n) is 12.5. The molecule has 204 valence electrons. The SMILES string of the molecule is COC(=O)C[C@@H]1C[C@@H](COc2ccc(-c3ccc(C(=N)N)cc3)nn2)N(CCCc2ccc(Cl)cc2Cl)C1=O. The third-order valence-electron chi connectivity index (χ3n) is 6.69. The number of nitrogen functional groups attached to an aromatic ring is 1. The van der Waals surface area contributed by atoms with Gasteiger partial charge in [-0.2, -0.15) is 0 Å². The predicted octanol–water partition coefficient (Wildman–Crippen LogP) is 4.53. The maximum Gasteiger partial charge on any atom is 0.306 e. The van der Waals surface area contributed by atoms with Crippen molar-refractivity contribution >= 4 is 40.9 Å². The van der Waals surface area contributed by atoms with Crippen molar-refractivity contribution in [3.8, 4) is 17.1 Å². The fourth-order valence-electron chi connectivity index (χ4n) is 4.59. The maximum atomic E-state index is 13.2. The molecule has 9 nitrogen and oxygen atoms in total. The number of ether oxygens (including phenoxy) is 2. The van der Waals surface area contributed by atoms with Gasteiger partial charge in [0.15, 0.2) is 0 Å². The summed E-state index contributed by atoms with van der Waals surface area (Å²) in [5, 5.41) is 17.1. The highest BCUT2D eigenvalue weighted by Crippen LogP contribution is 2.29. The highest BCUT2D eigenvalue weighted by molar-refractivity contribution is 6.35. The Balaban J connectivity index is 1.39. The number of esters is 1. The summed E-state index contributed by atoms with van der Waals surface area (Å²) in [7, 11) is 1.32. The fourth-order valence-corrected chi connectivity index (χ4v) is 5.10. The molecule has 4 rings (SSSR count). The minimum atomic E-state index is -0.461. The highest BCUT2D eigenvalue weighted by atomic mass is 35.5. The number of hydrogen-bond acceptors (Lipinski definition) is 7. The number of aryl methyl sites for hydroxylation is 1. The summed E-state index contributed by atoms with van der Waals surface area (Å²) in [4.78, 5) is 26.8. The zero-order valence-corrected chi connectivity index (χ0v) is 22.9. The minimum Gasteiger partial charge on any atom is -0.474 e. The van der Waals surface area contributed by atoms with E-state index >= 15 is 0 Å². The number of rotatable bonds is 11. The number of carbonyl (C=O) groups excluding carboxylic acids is 2. The van der Waals surface area contributed by atoms with Crippen LogP contribution in [0.25, 0.3) is 11.3 Å². The molecular weight excluding hydrogens is 541 g/mol. The van der Waals surface area contributed by atoms with E-state index in [4.69, 9.17) is 43.8 Å². The zero-order valence-electron chi connectivity index (χ0n) is 21.4. The normalized spacial score (nSPS) is 16.8. The van der Waals surface area contributed by atoms with Gasteiger partial charge in [-0.3, -0.25) is 15.0 Å². The van der Waals surface area contributed by atoms with Crippen LogP contribution in [0.3, 0.4) is 0 Å². The van der Waals surface area contributed by atoms with Crippen LogP contribution in [0, 0.1) is 11.3 Å². The lowest BCUT2D eigenvalue weighted by molar-refractivity contribution is -0.144. The molecule has 3 N–H and O–H groups in total. The molecule has 1 aromatic heterocycles.